The Morgan fingerprint density at radius 2 is 1.83 bits per heavy atom. The Labute approximate surface area is 105 Å². The quantitative estimate of drug-likeness (QED) is 0.881. The van der Waals surface area contributed by atoms with Crippen LogP contribution < -0.4 is 0 Å². The van der Waals surface area contributed by atoms with Crippen LogP contribution in [0.15, 0.2) is 34.9 Å². The average molecular weight is 245 g/mol. The maximum absolute atomic E-state index is 10.7. The molecule has 0 saturated carbocycles. The molecule has 18 heavy (non-hydrogen) atoms. The molecular weight excluding hydrogens is 230 g/mol. The topological polar surface area (TPSA) is 63.3 Å². The van der Waals surface area contributed by atoms with E-state index in [9.17, 15) is 4.79 Å². The second kappa shape index (κ2) is 4.29. The zero-order valence-corrected chi connectivity index (χ0v) is 10.6. The number of rotatable bonds is 2. The van der Waals surface area contributed by atoms with E-state index in [2.05, 4.69) is 25.9 Å². The summed E-state index contributed by atoms with van der Waals surface area (Å²) >= 11 is 0. The average Bonchev–Trinajstić information content (AvgIpc) is 2.77. The molecule has 0 spiro atoms. The van der Waals surface area contributed by atoms with Gasteiger partial charge >= 0.3 is 5.97 Å². The van der Waals surface area contributed by atoms with Gasteiger partial charge in [0.15, 0.2) is 0 Å². The maximum atomic E-state index is 10.7. The Bertz CT molecular complexity index is 561. The number of hydrogen-bond donors (Lipinski definition) is 1. The van der Waals surface area contributed by atoms with E-state index in [0.29, 0.717) is 5.69 Å². The van der Waals surface area contributed by atoms with Crippen LogP contribution in [0.1, 0.15) is 36.9 Å². The Hall–Kier alpha value is -2.10. The van der Waals surface area contributed by atoms with Gasteiger partial charge in [-0.1, -0.05) is 50.2 Å². The minimum absolute atomic E-state index is 0.0918. The largest absolute Gasteiger partial charge is 0.475 e. The van der Waals surface area contributed by atoms with E-state index in [1.54, 1.807) is 0 Å². The summed E-state index contributed by atoms with van der Waals surface area (Å²) in [4.78, 5) is 10.7. The van der Waals surface area contributed by atoms with Gasteiger partial charge < -0.3 is 9.63 Å². The predicted molar refractivity (Wildman–Crippen MR) is 67.6 cm³/mol. The third-order valence-corrected chi connectivity index (χ3v) is 2.77. The number of nitrogens with zero attached hydrogens (tertiary/aromatic N) is 1. The summed E-state index contributed by atoms with van der Waals surface area (Å²) in [6.45, 7) is 6.42. The number of carboxylic acid groups (broad SMARTS) is 1. The number of carbonyl (C=O) groups is 1. The number of benzene rings is 1. The minimum atomic E-state index is -1.11. The lowest BCUT2D eigenvalue weighted by atomic mass is 9.86. The van der Waals surface area contributed by atoms with Gasteiger partial charge in [0.25, 0.3) is 0 Å². The van der Waals surface area contributed by atoms with E-state index < -0.39 is 5.97 Å². The van der Waals surface area contributed by atoms with Crippen LogP contribution in [0.5, 0.6) is 0 Å². The lowest BCUT2D eigenvalue weighted by Crippen LogP contribution is -2.10. The zero-order valence-electron chi connectivity index (χ0n) is 10.6. The van der Waals surface area contributed by atoms with Crippen molar-refractivity contribution in [1.29, 1.82) is 0 Å². The molecule has 0 saturated heterocycles. The van der Waals surface area contributed by atoms with Gasteiger partial charge in [-0.2, -0.15) is 0 Å². The van der Waals surface area contributed by atoms with Crippen LogP contribution in [0.2, 0.25) is 0 Å². The second-order valence-electron chi connectivity index (χ2n) is 5.21. The number of hydrogen-bond acceptors (Lipinski definition) is 3. The molecule has 0 aliphatic carbocycles. The molecule has 0 aliphatic rings. The lowest BCUT2D eigenvalue weighted by Gasteiger charge is -2.18. The van der Waals surface area contributed by atoms with E-state index in [4.69, 9.17) is 9.63 Å². The monoisotopic (exact) mass is 245 g/mol. The molecule has 0 radical (unpaired) electrons. The highest BCUT2D eigenvalue weighted by atomic mass is 16.5. The Morgan fingerprint density at radius 3 is 2.28 bits per heavy atom. The standard InChI is InChI=1S/C14H15NO3/c1-14(2,3)10-6-4-9(5-7-10)11-8-12(13(16)17)18-15-11/h4-8H,1-3H3,(H,16,17). The van der Waals surface area contributed by atoms with Gasteiger partial charge in [-0.15, -0.1) is 0 Å². The van der Waals surface area contributed by atoms with Crippen molar-refractivity contribution >= 4 is 5.97 Å². The van der Waals surface area contributed by atoms with E-state index in [0.717, 1.165) is 5.56 Å². The summed E-state index contributed by atoms with van der Waals surface area (Å²) in [5.41, 5.74) is 2.69. The Morgan fingerprint density at radius 1 is 1.22 bits per heavy atom. The molecule has 4 nitrogen and oxygen atoms in total. The lowest BCUT2D eigenvalue weighted by molar-refractivity contribution is 0.0652. The molecule has 1 N–H and O–H groups in total. The first-order chi connectivity index (χ1) is 8.38. The highest BCUT2D eigenvalue weighted by Crippen LogP contribution is 2.25. The molecule has 1 aromatic heterocycles. The molecule has 0 atom stereocenters. The summed E-state index contributed by atoms with van der Waals surface area (Å²) in [6.07, 6.45) is 0. The summed E-state index contributed by atoms with van der Waals surface area (Å²) in [5, 5.41) is 12.5. The molecule has 1 heterocycles. The number of carboxylic acids is 1. The van der Waals surface area contributed by atoms with Crippen molar-refractivity contribution in [3.63, 3.8) is 0 Å². The molecule has 0 bridgehead atoms. The molecule has 1 aromatic carbocycles. The van der Waals surface area contributed by atoms with Crippen molar-refractivity contribution in [1.82, 2.24) is 5.16 Å². The highest BCUT2D eigenvalue weighted by Gasteiger charge is 2.15. The normalized spacial score (nSPS) is 11.5. The summed E-state index contributed by atoms with van der Waals surface area (Å²) < 4.78 is 4.73. The molecule has 2 rings (SSSR count). The third-order valence-electron chi connectivity index (χ3n) is 2.77. The van der Waals surface area contributed by atoms with Crippen LogP contribution >= 0.6 is 0 Å². The van der Waals surface area contributed by atoms with Crippen LogP contribution in [-0.2, 0) is 5.41 Å². The SMILES string of the molecule is CC(C)(C)c1ccc(-c2cc(C(=O)O)on2)cc1. The fraction of sp³-hybridized carbons (Fsp3) is 0.286. The molecular formula is C14H15NO3. The van der Waals surface area contributed by atoms with E-state index in [-0.39, 0.29) is 11.2 Å². The fourth-order valence-electron chi connectivity index (χ4n) is 1.65. The van der Waals surface area contributed by atoms with Crippen molar-refractivity contribution in [2.75, 3.05) is 0 Å². The molecule has 0 unspecified atom stereocenters. The molecule has 0 fully saturated rings. The Kier molecular flexibility index (Phi) is 2.95. The van der Waals surface area contributed by atoms with Crippen LogP contribution in [0, 0.1) is 0 Å². The maximum Gasteiger partial charge on any atom is 0.374 e. The van der Waals surface area contributed by atoms with Crippen LogP contribution in [0.4, 0.5) is 0 Å². The van der Waals surface area contributed by atoms with Gasteiger partial charge in [0, 0.05) is 11.6 Å². The van der Waals surface area contributed by atoms with Gasteiger partial charge in [0.2, 0.25) is 5.76 Å². The molecule has 2 aromatic rings. The van der Waals surface area contributed by atoms with Crippen molar-refractivity contribution in [2.45, 2.75) is 26.2 Å². The molecule has 0 aliphatic heterocycles. The summed E-state index contributed by atoms with van der Waals surface area (Å²) in [6, 6.07) is 9.30. The predicted octanol–water partition coefficient (Wildman–Crippen LogP) is 3.34. The second-order valence-corrected chi connectivity index (χ2v) is 5.21. The third kappa shape index (κ3) is 2.42. The van der Waals surface area contributed by atoms with E-state index in [1.807, 2.05) is 24.3 Å². The summed E-state index contributed by atoms with van der Waals surface area (Å²) in [7, 11) is 0. The highest BCUT2D eigenvalue weighted by molar-refractivity contribution is 5.85. The number of aromatic nitrogens is 1. The molecule has 0 amide bonds. The van der Waals surface area contributed by atoms with Gasteiger partial charge in [-0.05, 0) is 11.0 Å². The minimum Gasteiger partial charge on any atom is -0.475 e. The smallest absolute Gasteiger partial charge is 0.374 e. The van der Waals surface area contributed by atoms with Gasteiger partial charge in [0.1, 0.15) is 5.69 Å². The fourth-order valence-corrected chi connectivity index (χ4v) is 1.65. The first-order valence-corrected chi connectivity index (χ1v) is 5.69. The van der Waals surface area contributed by atoms with Crippen molar-refractivity contribution in [2.24, 2.45) is 0 Å². The van der Waals surface area contributed by atoms with Crippen LogP contribution in [0.3, 0.4) is 0 Å². The molecule has 4 heteroatoms. The molecule has 94 valence electrons. The van der Waals surface area contributed by atoms with Crippen molar-refractivity contribution in [3.8, 4) is 11.3 Å². The van der Waals surface area contributed by atoms with Gasteiger partial charge in [0.05, 0.1) is 0 Å². The number of aromatic carboxylic acids is 1. The van der Waals surface area contributed by atoms with Crippen LogP contribution in [0.25, 0.3) is 11.3 Å². The van der Waals surface area contributed by atoms with Crippen LogP contribution in [-0.4, -0.2) is 16.2 Å². The Balaban J connectivity index is 2.31. The van der Waals surface area contributed by atoms with Crippen molar-refractivity contribution in [3.05, 3.63) is 41.7 Å². The van der Waals surface area contributed by atoms with Gasteiger partial charge in [-0.25, -0.2) is 4.79 Å². The zero-order chi connectivity index (χ0) is 13.3. The van der Waals surface area contributed by atoms with Gasteiger partial charge in [-0.3, -0.25) is 0 Å². The van der Waals surface area contributed by atoms with E-state index >= 15 is 0 Å². The van der Waals surface area contributed by atoms with E-state index in [1.165, 1.54) is 11.6 Å². The summed E-state index contributed by atoms with van der Waals surface area (Å²) in [5.74, 6) is -1.26. The first-order valence-electron chi connectivity index (χ1n) is 5.69. The van der Waals surface area contributed by atoms with Crippen molar-refractivity contribution < 1.29 is 14.4 Å². The first kappa shape index (κ1) is 12.4.